The number of hydrogen-bond acceptors (Lipinski definition) is 4. The maximum Gasteiger partial charge on any atom is 0.322 e. The average Bonchev–Trinajstić information content (AvgIpc) is 2.78. The molecule has 1 heterocycles. The molecule has 2 aromatic rings. The van der Waals surface area contributed by atoms with Crippen molar-refractivity contribution in [3.63, 3.8) is 0 Å². The summed E-state index contributed by atoms with van der Waals surface area (Å²) in [7, 11) is 0. The number of benzene rings is 2. The number of carboxylic acid groups (broad SMARTS) is 1. The topological polar surface area (TPSA) is 116 Å². The molecule has 8 heteroatoms. The first-order chi connectivity index (χ1) is 14.8. The van der Waals surface area contributed by atoms with E-state index in [2.05, 4.69) is 10.6 Å². The number of carbonyl (C=O) groups is 4. The maximum atomic E-state index is 12.8. The Morgan fingerprint density at radius 1 is 1.00 bits per heavy atom. The van der Waals surface area contributed by atoms with Crippen LogP contribution in [0.25, 0.3) is 0 Å². The summed E-state index contributed by atoms with van der Waals surface area (Å²) in [4.78, 5) is 49.6. The van der Waals surface area contributed by atoms with Crippen molar-refractivity contribution in [2.45, 2.75) is 19.8 Å². The van der Waals surface area contributed by atoms with Gasteiger partial charge in [-0.1, -0.05) is 17.7 Å². The van der Waals surface area contributed by atoms with Gasteiger partial charge in [0.25, 0.3) is 11.8 Å². The fourth-order valence-corrected chi connectivity index (χ4v) is 3.46. The van der Waals surface area contributed by atoms with E-state index in [1.807, 2.05) is 19.1 Å². The summed E-state index contributed by atoms with van der Waals surface area (Å²) in [5.41, 5.74) is 2.52. The second kappa shape index (κ2) is 9.88. The molecule has 0 radical (unpaired) electrons. The molecule has 0 saturated carbocycles. The number of aliphatic carboxylic acids is 1. The molecule has 3 N–H and O–H groups in total. The van der Waals surface area contributed by atoms with Crippen molar-refractivity contribution >= 4 is 29.4 Å². The molecule has 1 unspecified atom stereocenters. The van der Waals surface area contributed by atoms with Crippen LogP contribution in [0.3, 0.4) is 0 Å². The van der Waals surface area contributed by atoms with Gasteiger partial charge in [0.15, 0.2) is 0 Å². The average molecular weight is 423 g/mol. The maximum absolute atomic E-state index is 12.8. The van der Waals surface area contributed by atoms with Crippen molar-refractivity contribution in [2.24, 2.45) is 5.92 Å². The predicted octanol–water partition coefficient (Wildman–Crippen LogP) is 2.30. The van der Waals surface area contributed by atoms with Gasteiger partial charge >= 0.3 is 5.97 Å². The van der Waals surface area contributed by atoms with Crippen LogP contribution in [-0.2, 0) is 9.59 Å². The second-order valence-corrected chi connectivity index (χ2v) is 7.60. The van der Waals surface area contributed by atoms with Crippen LogP contribution in [0.4, 0.5) is 5.69 Å². The highest BCUT2D eigenvalue weighted by molar-refractivity contribution is 5.98. The highest BCUT2D eigenvalue weighted by atomic mass is 16.4. The number of nitrogens with one attached hydrogen (secondary N) is 2. The Kier molecular flexibility index (Phi) is 7.02. The van der Waals surface area contributed by atoms with Crippen LogP contribution < -0.4 is 10.6 Å². The lowest BCUT2D eigenvalue weighted by Crippen LogP contribution is -2.43. The van der Waals surface area contributed by atoms with Gasteiger partial charge in [-0.2, -0.15) is 0 Å². The molecule has 1 aliphatic heterocycles. The number of likely N-dealkylation sites (tertiary alicyclic amines) is 1. The van der Waals surface area contributed by atoms with Gasteiger partial charge < -0.3 is 20.6 Å². The lowest BCUT2D eigenvalue weighted by atomic mass is 9.96. The fourth-order valence-electron chi connectivity index (χ4n) is 3.46. The Morgan fingerprint density at radius 2 is 1.65 bits per heavy atom. The van der Waals surface area contributed by atoms with Crippen LogP contribution in [0, 0.1) is 12.8 Å². The molecule has 0 bridgehead atoms. The number of amides is 3. The summed E-state index contributed by atoms with van der Waals surface area (Å²) >= 11 is 0. The molecule has 0 aliphatic carbocycles. The van der Waals surface area contributed by atoms with Crippen LogP contribution in [0.2, 0.25) is 0 Å². The van der Waals surface area contributed by atoms with Gasteiger partial charge in [0.2, 0.25) is 5.91 Å². The summed E-state index contributed by atoms with van der Waals surface area (Å²) in [6.45, 7) is 2.48. The normalized spacial score (nSPS) is 15.8. The first kappa shape index (κ1) is 22.0. The first-order valence-corrected chi connectivity index (χ1v) is 10.1. The van der Waals surface area contributed by atoms with Crippen molar-refractivity contribution in [2.75, 3.05) is 25.0 Å². The van der Waals surface area contributed by atoms with E-state index >= 15 is 0 Å². The van der Waals surface area contributed by atoms with Crippen LogP contribution in [0.1, 0.15) is 39.1 Å². The Morgan fingerprint density at radius 3 is 2.29 bits per heavy atom. The Labute approximate surface area is 180 Å². The third kappa shape index (κ3) is 5.91. The lowest BCUT2D eigenvalue weighted by molar-refractivity contribution is -0.135. The zero-order chi connectivity index (χ0) is 22.4. The van der Waals surface area contributed by atoms with Crippen LogP contribution >= 0.6 is 0 Å². The van der Waals surface area contributed by atoms with Gasteiger partial charge in [0.05, 0.1) is 5.92 Å². The largest absolute Gasteiger partial charge is 0.480 e. The van der Waals surface area contributed by atoms with Crippen molar-refractivity contribution in [1.29, 1.82) is 0 Å². The monoisotopic (exact) mass is 423 g/mol. The lowest BCUT2D eigenvalue weighted by Gasteiger charge is -2.32. The Hall–Kier alpha value is -3.68. The molecule has 2 aromatic carbocycles. The zero-order valence-electron chi connectivity index (χ0n) is 17.3. The molecule has 3 rings (SSSR count). The third-order valence-electron chi connectivity index (χ3n) is 5.19. The van der Waals surface area contributed by atoms with E-state index < -0.39 is 18.4 Å². The number of nitrogens with zero attached hydrogens (tertiary/aromatic N) is 1. The Balaban J connectivity index is 1.57. The highest BCUT2D eigenvalue weighted by Gasteiger charge is 2.29. The van der Waals surface area contributed by atoms with Crippen LogP contribution in [0.15, 0.2) is 48.5 Å². The molecule has 0 spiro atoms. The van der Waals surface area contributed by atoms with E-state index in [-0.39, 0.29) is 17.7 Å². The molecule has 8 nitrogen and oxygen atoms in total. The second-order valence-electron chi connectivity index (χ2n) is 7.60. The fraction of sp³-hybridized carbons (Fsp3) is 0.304. The number of anilines is 1. The quantitative estimate of drug-likeness (QED) is 0.659. The molecular formula is C23H25N3O5. The van der Waals surface area contributed by atoms with Gasteiger partial charge in [-0.3, -0.25) is 19.2 Å². The summed E-state index contributed by atoms with van der Waals surface area (Å²) in [5, 5.41) is 13.7. The molecule has 1 aliphatic rings. The molecule has 1 atom stereocenters. The standard InChI is InChI=1S/C23H25N3O5/c1-15-4-6-17(7-5-15)23(31)26-12-2-3-18(14-26)22(30)25-19-10-8-16(9-11-19)21(29)24-13-20(27)28/h4-11,18H,2-3,12-14H2,1H3,(H,24,29)(H,25,30)(H,27,28). The van der Waals surface area contributed by atoms with Crippen LogP contribution in [0.5, 0.6) is 0 Å². The Bertz CT molecular complexity index is 970. The van der Waals surface area contributed by atoms with Gasteiger partial charge in [0, 0.05) is 29.9 Å². The first-order valence-electron chi connectivity index (χ1n) is 10.1. The number of rotatable bonds is 6. The van der Waals surface area contributed by atoms with Crippen molar-refractivity contribution in [3.05, 3.63) is 65.2 Å². The summed E-state index contributed by atoms with van der Waals surface area (Å²) < 4.78 is 0. The zero-order valence-corrected chi connectivity index (χ0v) is 17.3. The van der Waals surface area contributed by atoms with E-state index in [1.165, 1.54) is 12.1 Å². The van der Waals surface area contributed by atoms with Gasteiger partial charge in [-0.25, -0.2) is 0 Å². The summed E-state index contributed by atoms with van der Waals surface area (Å²) in [6.07, 6.45) is 1.44. The number of carbonyl (C=O) groups excluding carboxylic acids is 3. The highest BCUT2D eigenvalue weighted by Crippen LogP contribution is 2.21. The smallest absolute Gasteiger partial charge is 0.322 e. The van der Waals surface area contributed by atoms with E-state index in [0.717, 1.165) is 12.0 Å². The molecule has 162 valence electrons. The van der Waals surface area contributed by atoms with Crippen molar-refractivity contribution in [1.82, 2.24) is 10.2 Å². The minimum atomic E-state index is -1.13. The van der Waals surface area contributed by atoms with Gasteiger partial charge in [-0.05, 0) is 56.2 Å². The molecule has 1 saturated heterocycles. The van der Waals surface area contributed by atoms with Gasteiger partial charge in [-0.15, -0.1) is 0 Å². The summed E-state index contributed by atoms with van der Waals surface area (Å²) in [6, 6.07) is 13.6. The molecule has 31 heavy (non-hydrogen) atoms. The van der Waals surface area contributed by atoms with Crippen LogP contribution in [-0.4, -0.2) is 53.3 Å². The molecule has 0 aromatic heterocycles. The number of piperidine rings is 1. The molecular weight excluding hydrogens is 398 g/mol. The van der Waals surface area contributed by atoms with E-state index in [9.17, 15) is 19.2 Å². The van der Waals surface area contributed by atoms with E-state index in [4.69, 9.17) is 5.11 Å². The van der Waals surface area contributed by atoms with Crippen molar-refractivity contribution in [3.8, 4) is 0 Å². The summed E-state index contributed by atoms with van der Waals surface area (Å²) in [5.74, 6) is -2.20. The minimum absolute atomic E-state index is 0.0748. The van der Waals surface area contributed by atoms with Gasteiger partial charge in [0.1, 0.15) is 6.54 Å². The van der Waals surface area contributed by atoms with Crippen molar-refractivity contribution < 1.29 is 24.3 Å². The van der Waals surface area contributed by atoms with E-state index in [0.29, 0.717) is 36.3 Å². The number of aryl methyl sites for hydroxylation is 1. The molecule has 1 fully saturated rings. The minimum Gasteiger partial charge on any atom is -0.480 e. The van der Waals surface area contributed by atoms with E-state index in [1.54, 1.807) is 29.2 Å². The molecule has 3 amide bonds. The predicted molar refractivity (Wildman–Crippen MR) is 115 cm³/mol. The third-order valence-corrected chi connectivity index (χ3v) is 5.19. The number of carboxylic acids is 1. The SMILES string of the molecule is Cc1ccc(C(=O)N2CCCC(C(=O)Nc3ccc(C(=O)NCC(=O)O)cc3)C2)cc1. The number of hydrogen-bond donors (Lipinski definition) is 3.